The smallest absolute Gasteiger partial charge is 0.253 e. The van der Waals surface area contributed by atoms with Gasteiger partial charge in [0.1, 0.15) is 0 Å². The normalized spacial score (nSPS) is 11.4. The Hall–Kier alpha value is -3.72. The Morgan fingerprint density at radius 1 is 1.29 bits per heavy atom. The van der Waals surface area contributed by atoms with Crippen LogP contribution in [0.25, 0.3) is 16.8 Å². The number of thiazole rings is 1. The van der Waals surface area contributed by atoms with Gasteiger partial charge in [-0.15, -0.1) is 11.3 Å². The molecule has 7 nitrogen and oxygen atoms in total. The molecule has 2 aromatic heterocycles. The second-order valence-corrected chi connectivity index (χ2v) is 8.37. The summed E-state index contributed by atoms with van der Waals surface area (Å²) in [4.78, 5) is 33.3. The summed E-state index contributed by atoms with van der Waals surface area (Å²) in [6.45, 7) is 9.90. The number of nitrogens with zero attached hydrogens (tertiary/aromatic N) is 3. The van der Waals surface area contributed by atoms with Crippen molar-refractivity contribution in [3.05, 3.63) is 78.1 Å². The number of allylic oxidation sites excluding steroid dienone is 2. The second kappa shape index (κ2) is 11.9. The molecule has 3 rings (SSSR count). The molecule has 2 N–H and O–H groups in total. The maximum absolute atomic E-state index is 12.3. The largest absolute Gasteiger partial charge is 0.402 e. The zero-order valence-corrected chi connectivity index (χ0v) is 20.4. The van der Waals surface area contributed by atoms with Crippen LogP contribution in [0.2, 0.25) is 6.82 Å². The Kier molecular flexibility index (Phi) is 8.76. The van der Waals surface area contributed by atoms with E-state index in [1.807, 2.05) is 56.9 Å². The van der Waals surface area contributed by atoms with Gasteiger partial charge in [0, 0.05) is 29.1 Å². The summed E-state index contributed by atoms with van der Waals surface area (Å²) < 4.78 is 1.77. The lowest BCUT2D eigenvalue weighted by Gasteiger charge is -2.04. The number of hydrogen-bond acceptors (Lipinski definition) is 5. The number of aliphatic imine (C=N–C) groups is 1. The van der Waals surface area contributed by atoms with Gasteiger partial charge in [0.25, 0.3) is 5.91 Å². The number of benzene rings is 1. The van der Waals surface area contributed by atoms with Crippen molar-refractivity contribution in [1.29, 1.82) is 0 Å². The number of carbonyl (C=O) groups is 2. The van der Waals surface area contributed by atoms with Gasteiger partial charge in [-0.05, 0) is 48.9 Å². The Balaban J connectivity index is 1.58. The van der Waals surface area contributed by atoms with Crippen molar-refractivity contribution >= 4 is 47.0 Å². The van der Waals surface area contributed by atoms with E-state index < -0.39 is 0 Å². The van der Waals surface area contributed by atoms with Crippen LogP contribution >= 0.6 is 11.3 Å². The van der Waals surface area contributed by atoms with Gasteiger partial charge in [0.05, 0.1) is 17.8 Å². The average molecular weight is 472 g/mol. The van der Waals surface area contributed by atoms with E-state index in [-0.39, 0.29) is 18.4 Å². The summed E-state index contributed by atoms with van der Waals surface area (Å²) in [6.07, 6.45) is 8.02. The molecule has 3 aromatic rings. The first-order valence-electron chi connectivity index (χ1n) is 10.9. The minimum atomic E-state index is -0.342. The second-order valence-electron chi connectivity index (χ2n) is 7.51. The SMILES string of the molecule is C=C(/C=C\N=C(C)CC)c1cccc(-c2csc(NC(=O)CNC(=O)c3ccn([B]C)c3)n2)c1. The van der Waals surface area contributed by atoms with E-state index in [9.17, 15) is 9.59 Å². The van der Waals surface area contributed by atoms with Crippen molar-refractivity contribution in [2.75, 3.05) is 11.9 Å². The predicted octanol–water partition coefficient (Wildman–Crippen LogP) is 4.89. The highest BCUT2D eigenvalue weighted by molar-refractivity contribution is 7.14. The molecule has 0 spiro atoms. The summed E-state index contributed by atoms with van der Waals surface area (Å²) in [5.74, 6) is -0.650. The summed E-state index contributed by atoms with van der Waals surface area (Å²) in [6, 6.07) is 9.58. The van der Waals surface area contributed by atoms with Gasteiger partial charge in [-0.2, -0.15) is 0 Å². The van der Waals surface area contributed by atoms with Crippen LogP contribution in [0.4, 0.5) is 5.13 Å². The molecule has 1 radical (unpaired) electrons. The van der Waals surface area contributed by atoms with E-state index in [4.69, 9.17) is 0 Å². The summed E-state index contributed by atoms with van der Waals surface area (Å²) >= 11 is 1.33. The number of carbonyl (C=O) groups excluding carboxylic acids is 2. The van der Waals surface area contributed by atoms with Gasteiger partial charge in [0.15, 0.2) is 5.13 Å². The molecule has 0 aliphatic carbocycles. The number of amides is 2. The average Bonchev–Trinajstić information content (AvgIpc) is 3.52. The maximum atomic E-state index is 12.3. The van der Waals surface area contributed by atoms with Crippen LogP contribution in [0.1, 0.15) is 36.2 Å². The molecule has 173 valence electrons. The zero-order valence-electron chi connectivity index (χ0n) is 19.5. The maximum Gasteiger partial charge on any atom is 0.253 e. The molecule has 1 aromatic carbocycles. The lowest BCUT2D eigenvalue weighted by atomic mass is 10.0. The lowest BCUT2D eigenvalue weighted by molar-refractivity contribution is -0.115. The van der Waals surface area contributed by atoms with E-state index in [0.29, 0.717) is 10.7 Å². The first-order chi connectivity index (χ1) is 16.4. The minimum Gasteiger partial charge on any atom is -0.402 e. The van der Waals surface area contributed by atoms with E-state index >= 15 is 0 Å². The van der Waals surface area contributed by atoms with E-state index in [1.165, 1.54) is 11.3 Å². The van der Waals surface area contributed by atoms with E-state index in [2.05, 4.69) is 34.1 Å². The van der Waals surface area contributed by atoms with Crippen LogP contribution in [0.3, 0.4) is 0 Å². The van der Waals surface area contributed by atoms with Crippen LogP contribution in [-0.4, -0.2) is 40.9 Å². The highest BCUT2D eigenvalue weighted by Gasteiger charge is 2.12. The molecular formula is C25H27BN5O2S. The van der Waals surface area contributed by atoms with Crippen molar-refractivity contribution in [1.82, 2.24) is 14.8 Å². The summed E-state index contributed by atoms with van der Waals surface area (Å²) in [5, 5.41) is 7.70. The first kappa shape index (κ1) is 24.9. The van der Waals surface area contributed by atoms with Gasteiger partial charge in [-0.3, -0.25) is 14.6 Å². The molecule has 0 aliphatic heterocycles. The van der Waals surface area contributed by atoms with Gasteiger partial charge in [0.2, 0.25) is 13.3 Å². The topological polar surface area (TPSA) is 88.4 Å². The Bertz CT molecular complexity index is 1240. The Morgan fingerprint density at radius 3 is 2.85 bits per heavy atom. The third-order valence-electron chi connectivity index (χ3n) is 5.05. The number of hydrogen-bond donors (Lipinski definition) is 2. The standard InChI is InChI=1S/C25H27BN5O2S/c1-5-18(3)27-11-9-17(2)19-7-6-8-20(13-19)22-16-34-25(29-22)30-23(32)14-28-24(33)21-10-12-31(15-21)26-4/h6-13,15-16H,2,5,14H2,1,3-4H3,(H,28,33)(H,29,30,32)/b11-9-,27-18?. The molecule has 9 heteroatoms. The minimum absolute atomic E-state index is 0.142. The van der Waals surface area contributed by atoms with E-state index in [1.54, 1.807) is 29.1 Å². The van der Waals surface area contributed by atoms with Crippen LogP contribution in [-0.2, 0) is 4.79 Å². The molecule has 0 atom stereocenters. The Morgan fingerprint density at radius 2 is 2.12 bits per heavy atom. The van der Waals surface area contributed by atoms with E-state index in [0.717, 1.165) is 34.5 Å². The molecule has 0 fully saturated rings. The predicted molar refractivity (Wildman–Crippen MR) is 142 cm³/mol. The van der Waals surface area contributed by atoms with Crippen molar-refractivity contribution in [2.24, 2.45) is 4.99 Å². The van der Waals surface area contributed by atoms with Crippen molar-refractivity contribution in [3.8, 4) is 11.3 Å². The number of rotatable bonds is 10. The molecule has 0 unspecified atom stereocenters. The zero-order chi connectivity index (χ0) is 24.5. The first-order valence-corrected chi connectivity index (χ1v) is 11.8. The molecule has 0 saturated carbocycles. The molecule has 34 heavy (non-hydrogen) atoms. The van der Waals surface area contributed by atoms with Crippen molar-refractivity contribution in [3.63, 3.8) is 0 Å². The monoisotopic (exact) mass is 472 g/mol. The van der Waals surface area contributed by atoms with Gasteiger partial charge >= 0.3 is 0 Å². The van der Waals surface area contributed by atoms with Crippen LogP contribution < -0.4 is 10.6 Å². The molecule has 0 aliphatic rings. The third-order valence-corrected chi connectivity index (χ3v) is 5.80. The van der Waals surface area contributed by atoms with Crippen LogP contribution in [0.15, 0.2) is 72.0 Å². The summed E-state index contributed by atoms with van der Waals surface area (Å²) in [5.41, 5.74) is 5.03. The fraction of sp³-hybridized carbons (Fsp3) is 0.200. The molecule has 2 heterocycles. The number of aromatic nitrogens is 2. The van der Waals surface area contributed by atoms with Crippen LogP contribution in [0.5, 0.6) is 0 Å². The van der Waals surface area contributed by atoms with Gasteiger partial charge in [-0.1, -0.05) is 38.5 Å². The molecule has 0 bridgehead atoms. The highest BCUT2D eigenvalue weighted by Crippen LogP contribution is 2.27. The van der Waals surface area contributed by atoms with Crippen molar-refractivity contribution < 1.29 is 9.59 Å². The van der Waals surface area contributed by atoms with Gasteiger partial charge < -0.3 is 15.1 Å². The fourth-order valence-electron chi connectivity index (χ4n) is 2.92. The highest BCUT2D eigenvalue weighted by atomic mass is 32.1. The third kappa shape index (κ3) is 6.89. The summed E-state index contributed by atoms with van der Waals surface area (Å²) in [7, 11) is 1.83. The quantitative estimate of drug-likeness (QED) is 0.250. The number of anilines is 1. The number of nitrogens with one attached hydrogen (secondary N) is 2. The molecule has 0 saturated heterocycles. The fourth-order valence-corrected chi connectivity index (χ4v) is 3.65. The Labute approximate surface area is 204 Å². The molecular weight excluding hydrogens is 445 g/mol. The van der Waals surface area contributed by atoms with Crippen molar-refractivity contribution in [2.45, 2.75) is 27.1 Å². The lowest BCUT2D eigenvalue weighted by Crippen LogP contribution is -2.32. The van der Waals surface area contributed by atoms with Crippen LogP contribution in [0, 0.1) is 0 Å². The molecule has 2 amide bonds. The van der Waals surface area contributed by atoms with Gasteiger partial charge in [-0.25, -0.2) is 4.98 Å².